The van der Waals surface area contributed by atoms with Crippen LogP contribution in [0.1, 0.15) is 16.7 Å². The van der Waals surface area contributed by atoms with Gasteiger partial charge in [0.05, 0.1) is 7.11 Å². The summed E-state index contributed by atoms with van der Waals surface area (Å²) >= 11 is 0. The van der Waals surface area contributed by atoms with Gasteiger partial charge < -0.3 is 19.9 Å². The van der Waals surface area contributed by atoms with Crippen LogP contribution >= 0.6 is 0 Å². The van der Waals surface area contributed by atoms with Gasteiger partial charge in [0.1, 0.15) is 17.4 Å². The molecule has 0 saturated carbocycles. The summed E-state index contributed by atoms with van der Waals surface area (Å²) in [5.74, 6) is -0.418. The molecule has 144 valence electrons. The standard InChI is InChI=1S/C21H20N2O5/c1-13-4-6-17(8-14(13)2)27-12-20(24)28-18-7-5-15(10-19(18)26-3)9-16(11-22)21(23)25/h4-10H,12H2,1-3H3,(H2,23,25)/b16-9+. The second-order valence-electron chi connectivity index (χ2n) is 5.95. The van der Waals surface area contributed by atoms with Crippen molar-refractivity contribution in [3.63, 3.8) is 0 Å². The number of nitriles is 1. The number of amides is 1. The molecule has 2 N–H and O–H groups in total. The molecule has 2 rings (SSSR count). The van der Waals surface area contributed by atoms with E-state index in [9.17, 15) is 9.59 Å². The van der Waals surface area contributed by atoms with Gasteiger partial charge in [-0.05, 0) is 60.9 Å². The monoisotopic (exact) mass is 380 g/mol. The van der Waals surface area contributed by atoms with Gasteiger partial charge in [-0.1, -0.05) is 12.1 Å². The zero-order valence-corrected chi connectivity index (χ0v) is 15.8. The van der Waals surface area contributed by atoms with Gasteiger partial charge in [-0.25, -0.2) is 4.79 Å². The Labute approximate surface area is 162 Å². The Morgan fingerprint density at radius 1 is 1.11 bits per heavy atom. The van der Waals surface area contributed by atoms with Crippen LogP contribution in [0.2, 0.25) is 0 Å². The van der Waals surface area contributed by atoms with Crippen LogP contribution in [0.25, 0.3) is 6.08 Å². The number of rotatable bonds is 7. The molecule has 2 aromatic rings. The molecule has 0 unspecified atom stereocenters. The van der Waals surface area contributed by atoms with Crippen LogP contribution in [0.15, 0.2) is 42.0 Å². The van der Waals surface area contributed by atoms with E-state index in [0.717, 1.165) is 11.1 Å². The number of methoxy groups -OCH3 is 1. The first-order valence-corrected chi connectivity index (χ1v) is 8.34. The van der Waals surface area contributed by atoms with Crippen LogP contribution in [-0.2, 0) is 9.59 Å². The Balaban J connectivity index is 2.08. The van der Waals surface area contributed by atoms with Gasteiger partial charge in [-0.2, -0.15) is 5.26 Å². The Morgan fingerprint density at radius 3 is 2.46 bits per heavy atom. The lowest BCUT2D eigenvalue weighted by Crippen LogP contribution is -2.18. The fourth-order valence-corrected chi connectivity index (χ4v) is 2.28. The molecule has 0 aromatic heterocycles. The smallest absolute Gasteiger partial charge is 0.349 e. The van der Waals surface area contributed by atoms with Crippen molar-refractivity contribution in [1.29, 1.82) is 5.26 Å². The molecule has 1 amide bonds. The number of benzene rings is 2. The summed E-state index contributed by atoms with van der Waals surface area (Å²) in [5, 5.41) is 8.91. The highest BCUT2D eigenvalue weighted by Crippen LogP contribution is 2.29. The summed E-state index contributed by atoms with van der Waals surface area (Å²) in [4.78, 5) is 23.2. The van der Waals surface area contributed by atoms with Gasteiger partial charge in [-0.15, -0.1) is 0 Å². The molecule has 0 heterocycles. The number of primary amides is 1. The number of carbonyl (C=O) groups is 2. The SMILES string of the molecule is COc1cc(/C=C(\C#N)C(N)=O)ccc1OC(=O)COc1ccc(C)c(C)c1. The number of hydrogen-bond acceptors (Lipinski definition) is 6. The van der Waals surface area contributed by atoms with E-state index in [-0.39, 0.29) is 23.7 Å². The quantitative estimate of drug-likeness (QED) is 0.342. The predicted octanol–water partition coefficient (Wildman–Crippen LogP) is 2.69. The van der Waals surface area contributed by atoms with Gasteiger partial charge in [0, 0.05) is 0 Å². The number of nitrogens with two attached hydrogens (primary N) is 1. The Hall–Kier alpha value is -3.79. The normalized spacial score (nSPS) is 10.7. The highest BCUT2D eigenvalue weighted by Gasteiger charge is 2.12. The van der Waals surface area contributed by atoms with E-state index in [1.165, 1.54) is 25.3 Å². The number of aryl methyl sites for hydroxylation is 2. The molecule has 0 aliphatic heterocycles. The van der Waals surface area contributed by atoms with E-state index in [2.05, 4.69) is 0 Å². The first kappa shape index (κ1) is 20.5. The van der Waals surface area contributed by atoms with Crippen molar-refractivity contribution in [1.82, 2.24) is 0 Å². The summed E-state index contributed by atoms with van der Waals surface area (Å²) in [6.07, 6.45) is 1.32. The number of carbonyl (C=O) groups excluding carboxylic acids is 2. The Bertz CT molecular complexity index is 973. The topological polar surface area (TPSA) is 112 Å². The average Bonchev–Trinajstić information content (AvgIpc) is 2.67. The summed E-state index contributed by atoms with van der Waals surface area (Å²) < 4.78 is 15.9. The minimum atomic E-state index is -0.833. The van der Waals surface area contributed by atoms with Gasteiger partial charge in [0.25, 0.3) is 5.91 Å². The molecule has 2 aromatic carbocycles. The predicted molar refractivity (Wildman–Crippen MR) is 103 cm³/mol. The van der Waals surface area contributed by atoms with E-state index in [1.807, 2.05) is 26.0 Å². The maximum absolute atomic E-state index is 12.1. The first-order chi connectivity index (χ1) is 13.3. The number of esters is 1. The van der Waals surface area contributed by atoms with Crippen molar-refractivity contribution in [2.75, 3.05) is 13.7 Å². The van der Waals surface area contributed by atoms with Crippen LogP contribution in [-0.4, -0.2) is 25.6 Å². The highest BCUT2D eigenvalue weighted by atomic mass is 16.6. The van der Waals surface area contributed by atoms with Crippen LogP contribution in [0.3, 0.4) is 0 Å². The molecule has 0 radical (unpaired) electrons. The minimum absolute atomic E-state index is 0.186. The van der Waals surface area contributed by atoms with E-state index in [4.69, 9.17) is 25.2 Å². The zero-order valence-electron chi connectivity index (χ0n) is 15.8. The van der Waals surface area contributed by atoms with E-state index in [1.54, 1.807) is 18.2 Å². The second kappa shape index (κ2) is 9.24. The van der Waals surface area contributed by atoms with Crippen molar-refractivity contribution in [2.24, 2.45) is 5.73 Å². The molecule has 7 nitrogen and oxygen atoms in total. The van der Waals surface area contributed by atoms with Crippen molar-refractivity contribution >= 4 is 18.0 Å². The van der Waals surface area contributed by atoms with Crippen LogP contribution in [0.5, 0.6) is 17.2 Å². The Kier molecular flexibility index (Phi) is 6.77. The fourth-order valence-electron chi connectivity index (χ4n) is 2.28. The summed E-state index contributed by atoms with van der Waals surface area (Å²) in [6, 6.07) is 11.8. The first-order valence-electron chi connectivity index (χ1n) is 8.34. The van der Waals surface area contributed by atoms with E-state index >= 15 is 0 Å². The lowest BCUT2D eigenvalue weighted by Gasteiger charge is -2.11. The third kappa shape index (κ3) is 5.35. The van der Waals surface area contributed by atoms with Crippen LogP contribution in [0.4, 0.5) is 0 Å². The second-order valence-corrected chi connectivity index (χ2v) is 5.95. The lowest BCUT2D eigenvalue weighted by atomic mass is 10.1. The molecule has 7 heteroatoms. The molecule has 0 atom stereocenters. The molecule has 0 bridgehead atoms. The minimum Gasteiger partial charge on any atom is -0.493 e. The molecular weight excluding hydrogens is 360 g/mol. The third-order valence-corrected chi connectivity index (χ3v) is 3.94. The highest BCUT2D eigenvalue weighted by molar-refractivity contribution is 6.00. The molecule has 0 saturated heterocycles. The molecule has 0 aliphatic carbocycles. The molecule has 0 fully saturated rings. The van der Waals surface area contributed by atoms with Gasteiger partial charge >= 0.3 is 5.97 Å². The maximum atomic E-state index is 12.1. The fraction of sp³-hybridized carbons (Fsp3) is 0.190. The summed E-state index contributed by atoms with van der Waals surface area (Å²) in [5.41, 5.74) is 7.60. The maximum Gasteiger partial charge on any atom is 0.349 e. The van der Waals surface area contributed by atoms with Crippen LogP contribution < -0.4 is 19.9 Å². The molecule has 0 spiro atoms. The third-order valence-electron chi connectivity index (χ3n) is 3.94. The summed E-state index contributed by atoms with van der Waals surface area (Å²) in [7, 11) is 1.41. The van der Waals surface area contributed by atoms with Crippen molar-refractivity contribution in [3.05, 3.63) is 58.7 Å². The largest absolute Gasteiger partial charge is 0.493 e. The number of hydrogen-bond donors (Lipinski definition) is 1. The van der Waals surface area contributed by atoms with Crippen molar-refractivity contribution in [2.45, 2.75) is 13.8 Å². The van der Waals surface area contributed by atoms with Crippen molar-refractivity contribution < 1.29 is 23.8 Å². The van der Waals surface area contributed by atoms with Gasteiger partial charge in [-0.3, -0.25) is 4.79 Å². The lowest BCUT2D eigenvalue weighted by molar-refractivity contribution is -0.136. The average molecular weight is 380 g/mol. The van der Waals surface area contributed by atoms with Crippen molar-refractivity contribution in [3.8, 4) is 23.3 Å². The molecule has 28 heavy (non-hydrogen) atoms. The number of nitrogens with zero attached hydrogens (tertiary/aromatic N) is 1. The molecule has 0 aliphatic rings. The Morgan fingerprint density at radius 2 is 1.86 bits per heavy atom. The van der Waals surface area contributed by atoms with Gasteiger partial charge in [0.15, 0.2) is 18.1 Å². The zero-order chi connectivity index (χ0) is 20.7. The number of ether oxygens (including phenoxy) is 3. The molecular formula is C21H20N2O5. The van der Waals surface area contributed by atoms with E-state index < -0.39 is 11.9 Å². The van der Waals surface area contributed by atoms with E-state index in [0.29, 0.717) is 11.3 Å². The van der Waals surface area contributed by atoms with Crippen LogP contribution in [0, 0.1) is 25.2 Å². The van der Waals surface area contributed by atoms with Gasteiger partial charge in [0.2, 0.25) is 0 Å². The summed E-state index contributed by atoms with van der Waals surface area (Å²) in [6.45, 7) is 3.67.